The third kappa shape index (κ3) is 3.36. The summed E-state index contributed by atoms with van der Waals surface area (Å²) in [5.74, 6) is 0.409. The second-order valence-electron chi connectivity index (χ2n) is 3.60. The minimum atomic E-state index is 0.111. The largest absolute Gasteiger partial charge is 0.454 e. The van der Waals surface area contributed by atoms with Gasteiger partial charge < -0.3 is 4.74 Å². The van der Waals surface area contributed by atoms with E-state index in [0.29, 0.717) is 5.75 Å². The summed E-state index contributed by atoms with van der Waals surface area (Å²) >= 11 is 41.6. The summed E-state index contributed by atoms with van der Waals surface area (Å²) in [6.45, 7) is 0. The molecule has 8 heteroatoms. The summed E-state index contributed by atoms with van der Waals surface area (Å²) in [6, 6.07) is 4.36. The molecular weight excluding hydrogens is 408 g/mol. The quantitative estimate of drug-likeness (QED) is 0.359. The molecule has 0 amide bonds. The van der Waals surface area contributed by atoms with Crippen molar-refractivity contribution in [3.8, 4) is 11.5 Å². The van der Waals surface area contributed by atoms with Crippen LogP contribution in [0.1, 0.15) is 0 Å². The molecule has 0 aromatic heterocycles. The van der Waals surface area contributed by atoms with Gasteiger partial charge in [0.2, 0.25) is 0 Å². The third-order valence-corrected chi connectivity index (χ3v) is 4.99. The van der Waals surface area contributed by atoms with Crippen molar-refractivity contribution in [2.75, 3.05) is 0 Å². The van der Waals surface area contributed by atoms with E-state index in [1.165, 1.54) is 18.2 Å². The summed E-state index contributed by atoms with van der Waals surface area (Å²) in [6.07, 6.45) is 0. The van der Waals surface area contributed by atoms with E-state index in [1.54, 1.807) is 0 Å². The minimum Gasteiger partial charge on any atom is -0.454 e. The van der Waals surface area contributed by atoms with E-state index in [2.05, 4.69) is 0 Å². The van der Waals surface area contributed by atoms with Crippen LogP contribution in [0.4, 0.5) is 0 Å². The Morgan fingerprint density at radius 3 is 1.40 bits per heavy atom. The zero-order chi connectivity index (χ0) is 15.0. The molecule has 0 unspecified atom stereocenters. The molecule has 0 aliphatic carbocycles. The van der Waals surface area contributed by atoms with Crippen LogP contribution in [0.15, 0.2) is 18.2 Å². The molecule has 2 aromatic rings. The Bertz CT molecular complexity index is 635. The second-order valence-corrected chi connectivity index (χ2v) is 6.36. The summed E-state index contributed by atoms with van der Waals surface area (Å²) in [5.41, 5.74) is 0. The van der Waals surface area contributed by atoms with Gasteiger partial charge >= 0.3 is 0 Å². The van der Waals surface area contributed by atoms with Gasteiger partial charge in [-0.3, -0.25) is 0 Å². The molecule has 1 nitrogen and oxygen atoms in total. The molecule has 106 valence electrons. The lowest BCUT2D eigenvalue weighted by atomic mass is 10.3. The third-order valence-electron chi connectivity index (χ3n) is 2.25. The van der Waals surface area contributed by atoms with E-state index in [0.717, 1.165) is 0 Å². The Balaban J connectivity index is 2.50. The first kappa shape index (κ1) is 16.6. The van der Waals surface area contributed by atoms with Crippen molar-refractivity contribution in [1.82, 2.24) is 0 Å². The van der Waals surface area contributed by atoms with E-state index in [9.17, 15) is 0 Å². The van der Waals surface area contributed by atoms with Crippen LogP contribution in [0.5, 0.6) is 11.5 Å². The molecule has 0 bridgehead atoms. The fourth-order valence-electron chi connectivity index (χ4n) is 1.35. The summed E-state index contributed by atoms with van der Waals surface area (Å²) in [5, 5.41) is 1.36. The van der Waals surface area contributed by atoms with Gasteiger partial charge in [-0.15, -0.1) is 0 Å². The van der Waals surface area contributed by atoms with Gasteiger partial charge in [-0.25, -0.2) is 0 Å². The van der Waals surface area contributed by atoms with Crippen molar-refractivity contribution in [2.24, 2.45) is 0 Å². The fraction of sp³-hybridized carbons (Fsp3) is 0. The maximum Gasteiger partial charge on any atom is 0.167 e. The molecule has 0 radical (unpaired) electrons. The second kappa shape index (κ2) is 6.58. The van der Waals surface area contributed by atoms with Gasteiger partial charge in [0, 0.05) is 12.1 Å². The zero-order valence-electron chi connectivity index (χ0n) is 9.29. The molecule has 0 aliphatic heterocycles. The van der Waals surface area contributed by atoms with Crippen LogP contribution in [0, 0.1) is 0 Å². The zero-order valence-corrected chi connectivity index (χ0v) is 14.6. The van der Waals surface area contributed by atoms with Crippen molar-refractivity contribution < 1.29 is 4.74 Å². The molecule has 0 aliphatic rings. The highest BCUT2D eigenvalue weighted by atomic mass is 35.5. The number of ether oxygens (including phenoxy) is 1. The van der Waals surface area contributed by atoms with Crippen molar-refractivity contribution in [1.29, 1.82) is 0 Å². The molecule has 0 spiro atoms. The van der Waals surface area contributed by atoms with Crippen LogP contribution >= 0.6 is 81.2 Å². The first-order valence-electron chi connectivity index (χ1n) is 4.96. The molecule has 0 saturated carbocycles. The topological polar surface area (TPSA) is 9.23 Å². The predicted octanol–water partition coefficient (Wildman–Crippen LogP) is 8.05. The Kier molecular flexibility index (Phi) is 5.47. The SMILES string of the molecule is Clc1cc(Oc2c(Cl)c(Cl)cc(Cl)c2Cl)cc(Cl)c1Cl. The fourth-order valence-corrected chi connectivity index (χ4v) is 2.80. The highest BCUT2D eigenvalue weighted by molar-refractivity contribution is 6.49. The summed E-state index contributed by atoms with van der Waals surface area (Å²) in [4.78, 5) is 0. The molecular formula is C12H3Cl7O. The van der Waals surface area contributed by atoms with Gasteiger partial charge in [-0.2, -0.15) is 0 Å². The Morgan fingerprint density at radius 1 is 0.550 bits per heavy atom. The lowest BCUT2D eigenvalue weighted by molar-refractivity contribution is 0.483. The van der Waals surface area contributed by atoms with Gasteiger partial charge in [-0.05, 0) is 6.07 Å². The number of rotatable bonds is 2. The lowest BCUT2D eigenvalue weighted by Gasteiger charge is -2.13. The smallest absolute Gasteiger partial charge is 0.167 e. The Labute approximate surface area is 150 Å². The first-order valence-corrected chi connectivity index (χ1v) is 7.61. The lowest BCUT2D eigenvalue weighted by Crippen LogP contribution is -1.89. The summed E-state index contributed by atoms with van der Waals surface area (Å²) < 4.78 is 5.56. The maximum atomic E-state index is 6.04. The van der Waals surface area contributed by atoms with Gasteiger partial charge in [-0.1, -0.05) is 81.2 Å². The van der Waals surface area contributed by atoms with Crippen molar-refractivity contribution in [2.45, 2.75) is 0 Å². The Hall–Kier alpha value is 0.270. The van der Waals surface area contributed by atoms with Crippen LogP contribution in [0.25, 0.3) is 0 Å². The Morgan fingerprint density at radius 2 is 0.950 bits per heavy atom. The molecule has 0 fully saturated rings. The average Bonchev–Trinajstić information content (AvgIpc) is 2.38. The predicted molar refractivity (Wildman–Crippen MR) is 88.0 cm³/mol. The molecule has 0 atom stereocenters. The number of benzene rings is 2. The normalized spacial score (nSPS) is 10.8. The molecule has 0 N–H and O–H groups in total. The first-order chi connectivity index (χ1) is 9.31. The van der Waals surface area contributed by atoms with E-state index in [4.69, 9.17) is 85.9 Å². The van der Waals surface area contributed by atoms with Crippen LogP contribution in [-0.2, 0) is 0 Å². The molecule has 0 heterocycles. The maximum absolute atomic E-state index is 6.04. The molecule has 0 saturated heterocycles. The van der Waals surface area contributed by atoms with Crippen molar-refractivity contribution in [3.63, 3.8) is 0 Å². The number of hydrogen-bond donors (Lipinski definition) is 0. The van der Waals surface area contributed by atoms with E-state index in [1.807, 2.05) is 0 Å². The summed E-state index contributed by atoms with van der Waals surface area (Å²) in [7, 11) is 0. The van der Waals surface area contributed by atoms with Gasteiger partial charge in [0.05, 0.1) is 25.1 Å². The monoisotopic (exact) mass is 408 g/mol. The number of halogens is 7. The van der Waals surface area contributed by atoms with Gasteiger partial charge in [0.25, 0.3) is 0 Å². The van der Waals surface area contributed by atoms with Crippen molar-refractivity contribution in [3.05, 3.63) is 53.4 Å². The minimum absolute atomic E-state index is 0.111. The van der Waals surface area contributed by atoms with Crippen LogP contribution in [0.2, 0.25) is 35.2 Å². The highest BCUT2D eigenvalue weighted by Crippen LogP contribution is 2.45. The van der Waals surface area contributed by atoms with E-state index >= 15 is 0 Å². The van der Waals surface area contributed by atoms with Crippen LogP contribution < -0.4 is 4.74 Å². The van der Waals surface area contributed by atoms with E-state index in [-0.39, 0.29) is 40.9 Å². The average molecular weight is 411 g/mol. The molecule has 2 aromatic carbocycles. The standard InChI is InChI=1S/C12H3Cl7O/c13-5-1-4(2-6(14)9(5)17)20-12-10(18)7(15)3-8(16)11(12)19/h1-3H. The van der Waals surface area contributed by atoms with Gasteiger partial charge in [0.15, 0.2) is 5.75 Å². The van der Waals surface area contributed by atoms with Crippen LogP contribution in [-0.4, -0.2) is 0 Å². The van der Waals surface area contributed by atoms with Crippen molar-refractivity contribution >= 4 is 81.2 Å². The van der Waals surface area contributed by atoms with Crippen LogP contribution in [0.3, 0.4) is 0 Å². The molecule has 2 rings (SSSR count). The molecule has 20 heavy (non-hydrogen) atoms. The highest BCUT2D eigenvalue weighted by Gasteiger charge is 2.17. The number of hydrogen-bond acceptors (Lipinski definition) is 1. The van der Waals surface area contributed by atoms with Gasteiger partial charge in [0.1, 0.15) is 15.8 Å². The van der Waals surface area contributed by atoms with E-state index < -0.39 is 0 Å².